The number of hydrogen-bond donors (Lipinski definition) is 0. The van der Waals surface area contributed by atoms with Crippen molar-refractivity contribution in [3.8, 4) is 0 Å². The molecule has 21 heavy (non-hydrogen) atoms. The molecule has 4 heterocycles. The fourth-order valence-corrected chi connectivity index (χ4v) is 2.20. The Morgan fingerprint density at radius 2 is 1.95 bits per heavy atom. The zero-order valence-electron chi connectivity index (χ0n) is 10.8. The van der Waals surface area contributed by atoms with Crippen LogP contribution in [0.25, 0.3) is 16.8 Å². The van der Waals surface area contributed by atoms with Gasteiger partial charge in [-0.05, 0) is 23.8 Å². The molecule has 0 saturated carbocycles. The quantitative estimate of drug-likeness (QED) is 0.523. The van der Waals surface area contributed by atoms with Gasteiger partial charge in [-0.2, -0.15) is 14.6 Å². The maximum atomic E-state index is 12.5. The van der Waals surface area contributed by atoms with Gasteiger partial charge >= 0.3 is 0 Å². The lowest BCUT2D eigenvalue weighted by molar-refractivity contribution is 0.759. The van der Waals surface area contributed by atoms with E-state index >= 15 is 0 Å². The van der Waals surface area contributed by atoms with Gasteiger partial charge in [0.15, 0.2) is 5.52 Å². The summed E-state index contributed by atoms with van der Waals surface area (Å²) in [4.78, 5) is 20.4. The predicted octanol–water partition coefficient (Wildman–Crippen LogP) is 0.277. The van der Waals surface area contributed by atoms with Gasteiger partial charge in [0.2, 0.25) is 0 Å². The molecule has 4 aromatic heterocycles. The van der Waals surface area contributed by atoms with Crippen LogP contribution in [0.1, 0.15) is 5.56 Å². The van der Waals surface area contributed by atoms with Crippen molar-refractivity contribution >= 4 is 16.8 Å². The molecule has 0 bridgehead atoms. The normalized spacial score (nSPS) is 11.2. The fraction of sp³-hybridized carbons (Fsp3) is 0.0769. The van der Waals surface area contributed by atoms with Gasteiger partial charge < -0.3 is 4.57 Å². The van der Waals surface area contributed by atoms with E-state index in [1.54, 1.807) is 29.2 Å². The Balaban J connectivity index is 1.90. The number of rotatable bonds is 2. The summed E-state index contributed by atoms with van der Waals surface area (Å²) in [5.74, 6) is 0.369. The summed E-state index contributed by atoms with van der Waals surface area (Å²) in [6.07, 6.45) is 6.49. The molecule has 0 atom stereocenters. The van der Waals surface area contributed by atoms with Crippen LogP contribution in [0, 0.1) is 0 Å². The van der Waals surface area contributed by atoms with Gasteiger partial charge in [0.05, 0.1) is 6.54 Å². The zero-order chi connectivity index (χ0) is 14.2. The zero-order valence-corrected chi connectivity index (χ0v) is 10.8. The summed E-state index contributed by atoms with van der Waals surface area (Å²) in [7, 11) is 0. The van der Waals surface area contributed by atoms with E-state index in [0.29, 0.717) is 17.8 Å². The second-order valence-electron chi connectivity index (χ2n) is 4.51. The average molecular weight is 279 g/mol. The first-order valence-electron chi connectivity index (χ1n) is 6.27. The molecule has 0 aliphatic heterocycles. The first kappa shape index (κ1) is 11.6. The van der Waals surface area contributed by atoms with E-state index in [1.165, 1.54) is 10.8 Å². The molecule has 0 amide bonds. The van der Waals surface area contributed by atoms with E-state index in [-0.39, 0.29) is 11.1 Å². The molecule has 0 aliphatic carbocycles. The predicted molar refractivity (Wildman–Crippen MR) is 73.7 cm³/mol. The number of nitrogens with zero attached hydrogens (tertiary/aromatic N) is 7. The molecule has 0 fully saturated rings. The van der Waals surface area contributed by atoms with Crippen molar-refractivity contribution in [3.05, 3.63) is 59.0 Å². The Bertz CT molecular complexity index is 990. The van der Waals surface area contributed by atoms with Crippen molar-refractivity contribution in [1.82, 2.24) is 34.3 Å². The van der Waals surface area contributed by atoms with Crippen LogP contribution in [-0.2, 0) is 6.54 Å². The second kappa shape index (κ2) is 4.44. The van der Waals surface area contributed by atoms with Crippen LogP contribution in [0.5, 0.6) is 0 Å². The van der Waals surface area contributed by atoms with Crippen LogP contribution in [0.3, 0.4) is 0 Å². The molecule has 0 saturated heterocycles. The molecule has 0 radical (unpaired) electrons. The molecule has 0 aromatic carbocycles. The molecular weight excluding hydrogens is 270 g/mol. The lowest BCUT2D eigenvalue weighted by atomic mass is 10.2. The van der Waals surface area contributed by atoms with Crippen LogP contribution >= 0.6 is 0 Å². The monoisotopic (exact) mass is 279 g/mol. The molecule has 0 unspecified atom stereocenters. The molecule has 8 nitrogen and oxygen atoms in total. The maximum Gasteiger partial charge on any atom is 0.280 e. The summed E-state index contributed by atoms with van der Waals surface area (Å²) in [6.45, 7) is 0.453. The summed E-state index contributed by atoms with van der Waals surface area (Å²) in [6, 6.07) is 5.51. The average Bonchev–Trinajstić information content (AvgIpc) is 3.00. The Morgan fingerprint density at radius 1 is 1.10 bits per heavy atom. The van der Waals surface area contributed by atoms with Crippen molar-refractivity contribution < 1.29 is 0 Å². The van der Waals surface area contributed by atoms with Crippen LogP contribution in [-0.4, -0.2) is 34.3 Å². The summed E-state index contributed by atoms with van der Waals surface area (Å²) < 4.78 is 3.08. The fourth-order valence-electron chi connectivity index (χ4n) is 2.20. The summed E-state index contributed by atoms with van der Waals surface area (Å²) in [5.41, 5.74) is 1.63. The number of hydrogen-bond acceptors (Lipinski definition) is 6. The van der Waals surface area contributed by atoms with E-state index in [9.17, 15) is 4.79 Å². The first-order chi connectivity index (χ1) is 10.3. The third kappa shape index (κ3) is 1.84. The van der Waals surface area contributed by atoms with E-state index < -0.39 is 0 Å². The third-order valence-electron chi connectivity index (χ3n) is 3.22. The van der Waals surface area contributed by atoms with E-state index in [0.717, 1.165) is 5.56 Å². The molecule has 0 N–H and O–H groups in total. The van der Waals surface area contributed by atoms with Gasteiger partial charge in [0.25, 0.3) is 11.3 Å². The maximum absolute atomic E-state index is 12.5. The van der Waals surface area contributed by atoms with Crippen LogP contribution in [0.4, 0.5) is 0 Å². The Kier molecular flexibility index (Phi) is 2.46. The molecule has 0 spiro atoms. The van der Waals surface area contributed by atoms with Crippen molar-refractivity contribution in [3.63, 3.8) is 0 Å². The Hall–Kier alpha value is -3.16. The van der Waals surface area contributed by atoms with Gasteiger partial charge in [-0.15, -0.1) is 10.2 Å². The lowest BCUT2D eigenvalue weighted by Crippen LogP contribution is -2.22. The third-order valence-corrected chi connectivity index (χ3v) is 3.22. The van der Waals surface area contributed by atoms with Gasteiger partial charge in [-0.3, -0.25) is 9.78 Å². The SMILES string of the molecule is O=c1c2nnc3ncnn3c2ccn1Cc1ccncc1. The summed E-state index contributed by atoms with van der Waals surface area (Å²) >= 11 is 0. The number of fused-ring (bicyclic) bond motifs is 3. The van der Waals surface area contributed by atoms with Gasteiger partial charge in [0.1, 0.15) is 11.8 Å². The highest BCUT2D eigenvalue weighted by Crippen LogP contribution is 2.07. The Morgan fingerprint density at radius 3 is 2.81 bits per heavy atom. The molecular formula is C13H9N7O. The first-order valence-corrected chi connectivity index (χ1v) is 6.27. The van der Waals surface area contributed by atoms with E-state index in [1.807, 2.05) is 12.1 Å². The number of pyridine rings is 2. The van der Waals surface area contributed by atoms with E-state index in [2.05, 4.69) is 25.3 Å². The van der Waals surface area contributed by atoms with Crippen molar-refractivity contribution in [2.45, 2.75) is 6.54 Å². The van der Waals surface area contributed by atoms with Crippen molar-refractivity contribution in [2.75, 3.05) is 0 Å². The van der Waals surface area contributed by atoms with Crippen LogP contribution in [0.15, 0.2) is 47.9 Å². The highest BCUT2D eigenvalue weighted by molar-refractivity contribution is 5.74. The van der Waals surface area contributed by atoms with Gasteiger partial charge in [-0.1, -0.05) is 0 Å². The Labute approximate surface area is 117 Å². The highest BCUT2D eigenvalue weighted by atomic mass is 16.1. The standard InChI is InChI=1S/C13H9N7O/c21-12-11-10(20-13(18-17-11)15-8-16-20)3-6-19(12)7-9-1-4-14-5-2-9/h1-6,8H,7H2. The minimum Gasteiger partial charge on any atom is -0.309 e. The minimum atomic E-state index is -0.214. The van der Waals surface area contributed by atoms with Gasteiger partial charge in [0, 0.05) is 18.6 Å². The van der Waals surface area contributed by atoms with Crippen LogP contribution < -0.4 is 5.56 Å². The topological polar surface area (TPSA) is 90.9 Å². The van der Waals surface area contributed by atoms with Crippen molar-refractivity contribution in [2.24, 2.45) is 0 Å². The number of aromatic nitrogens is 7. The summed E-state index contributed by atoms with van der Waals surface area (Å²) in [5, 5.41) is 11.9. The van der Waals surface area contributed by atoms with E-state index in [4.69, 9.17) is 0 Å². The molecule has 4 aromatic rings. The van der Waals surface area contributed by atoms with Gasteiger partial charge in [-0.25, -0.2) is 0 Å². The van der Waals surface area contributed by atoms with Crippen molar-refractivity contribution in [1.29, 1.82) is 0 Å². The minimum absolute atomic E-state index is 0.214. The smallest absolute Gasteiger partial charge is 0.280 e. The molecule has 0 aliphatic rings. The highest BCUT2D eigenvalue weighted by Gasteiger charge is 2.10. The molecule has 102 valence electrons. The van der Waals surface area contributed by atoms with Crippen LogP contribution in [0.2, 0.25) is 0 Å². The lowest BCUT2D eigenvalue weighted by Gasteiger charge is -2.06. The largest absolute Gasteiger partial charge is 0.309 e. The molecule has 4 rings (SSSR count). The second-order valence-corrected chi connectivity index (χ2v) is 4.51. The molecule has 8 heteroatoms.